The molecule has 0 aromatic heterocycles. The van der Waals surface area contributed by atoms with Crippen molar-refractivity contribution < 1.29 is 56.1 Å². The Morgan fingerprint density at radius 1 is 1.17 bits per heavy atom. The number of phosphoric acid groups is 1. The molecule has 0 saturated carbocycles. The van der Waals surface area contributed by atoms with Crippen molar-refractivity contribution >= 4 is 7.82 Å². The molecule has 0 aliphatic heterocycles. The molecule has 0 aromatic rings. The standard InChI is InChI=1S/Lu.H3O4P/c;1-5(2,3)4/h;(H3,1,2,3,4)/p-3. The Hall–Kier alpha value is 1.34. The van der Waals surface area contributed by atoms with Crippen LogP contribution in [0.4, 0.5) is 0 Å². The van der Waals surface area contributed by atoms with Crippen molar-refractivity contribution in [3.05, 3.63) is 0 Å². The van der Waals surface area contributed by atoms with Gasteiger partial charge < -0.3 is 19.2 Å². The van der Waals surface area contributed by atoms with Gasteiger partial charge in [0, 0.05) is 36.9 Å². The van der Waals surface area contributed by atoms with Gasteiger partial charge >= 0.3 is 0 Å². The molecule has 0 fully saturated rings. The van der Waals surface area contributed by atoms with Gasteiger partial charge in [0.2, 0.25) is 0 Å². The summed E-state index contributed by atoms with van der Waals surface area (Å²) in [5, 5.41) is 0. The maximum Gasteiger partial charge on any atom is 0 e. The van der Waals surface area contributed by atoms with E-state index in [1.807, 2.05) is 0 Å². The first-order chi connectivity index (χ1) is 2.00. The van der Waals surface area contributed by atoms with Crippen LogP contribution in [-0.4, -0.2) is 0 Å². The van der Waals surface area contributed by atoms with Crippen LogP contribution in [0.25, 0.3) is 0 Å². The van der Waals surface area contributed by atoms with Gasteiger partial charge in [-0.25, -0.2) is 0 Å². The second-order valence-electron chi connectivity index (χ2n) is 0.447. The molecule has 0 aliphatic rings. The summed E-state index contributed by atoms with van der Waals surface area (Å²) < 4.78 is 8.55. The van der Waals surface area contributed by atoms with Crippen LogP contribution >= 0.6 is 7.82 Å². The van der Waals surface area contributed by atoms with Gasteiger partial charge in [0.05, 0.1) is 0 Å². The van der Waals surface area contributed by atoms with Crippen molar-refractivity contribution in [3.8, 4) is 0 Å². The monoisotopic (exact) mass is 270 g/mol. The minimum atomic E-state index is -5.39. The molecule has 0 unspecified atom stereocenters. The maximum atomic E-state index is 8.55. The predicted octanol–water partition coefficient (Wildman–Crippen LogP) is -2.82. The first-order valence-corrected chi connectivity index (χ1v) is 2.19. The van der Waals surface area contributed by atoms with Gasteiger partial charge in [-0.1, -0.05) is 0 Å². The Balaban J connectivity index is 0. The fourth-order valence-electron chi connectivity index (χ4n) is 0. The van der Waals surface area contributed by atoms with Crippen LogP contribution in [0.3, 0.4) is 0 Å². The minimum absolute atomic E-state index is 0. The summed E-state index contributed by atoms with van der Waals surface area (Å²) >= 11 is 0. The first-order valence-electron chi connectivity index (χ1n) is 0.730. The number of hydrogen-bond acceptors (Lipinski definition) is 4. The van der Waals surface area contributed by atoms with E-state index in [1.54, 1.807) is 0 Å². The Labute approximate surface area is 63.6 Å². The van der Waals surface area contributed by atoms with E-state index >= 15 is 0 Å². The van der Waals surface area contributed by atoms with Crippen molar-refractivity contribution in [2.75, 3.05) is 0 Å². The fourth-order valence-corrected chi connectivity index (χ4v) is 0. The summed E-state index contributed by atoms with van der Waals surface area (Å²) in [5.41, 5.74) is 0. The Kier molecular flexibility index (Phi) is 5.79. The summed E-state index contributed by atoms with van der Waals surface area (Å²) in [6.45, 7) is 0. The van der Waals surface area contributed by atoms with E-state index in [9.17, 15) is 0 Å². The normalized spacial score (nSPS) is 9.83. The average Bonchev–Trinajstić information content (AvgIpc) is 0.722. The molecule has 0 aliphatic carbocycles. The number of rotatable bonds is 0. The van der Waals surface area contributed by atoms with Crippen LogP contribution in [0.1, 0.15) is 0 Å². The van der Waals surface area contributed by atoms with Crippen LogP contribution in [0.15, 0.2) is 0 Å². The third-order valence-electron chi connectivity index (χ3n) is 0. The maximum absolute atomic E-state index is 8.55. The first kappa shape index (κ1) is 10.3. The largest absolute Gasteiger partial charge is 0.822 e. The van der Waals surface area contributed by atoms with Crippen molar-refractivity contribution in [2.45, 2.75) is 0 Å². The fraction of sp³-hybridized carbons (Fsp3) is 0. The van der Waals surface area contributed by atoms with Gasteiger partial charge in [0.15, 0.2) is 0 Å². The van der Waals surface area contributed by atoms with E-state index < -0.39 is 7.82 Å². The summed E-state index contributed by atoms with van der Waals surface area (Å²) in [7, 11) is -5.39. The van der Waals surface area contributed by atoms with Crippen molar-refractivity contribution in [1.29, 1.82) is 0 Å². The van der Waals surface area contributed by atoms with Crippen LogP contribution in [0.5, 0.6) is 0 Å². The van der Waals surface area contributed by atoms with Crippen molar-refractivity contribution in [3.63, 3.8) is 0 Å². The van der Waals surface area contributed by atoms with Gasteiger partial charge in [-0.15, -0.1) is 0 Å². The molecule has 0 N–H and O–H groups in total. The summed E-state index contributed by atoms with van der Waals surface area (Å²) in [6, 6.07) is 0. The molecule has 6 heavy (non-hydrogen) atoms. The van der Waals surface area contributed by atoms with Crippen molar-refractivity contribution in [2.24, 2.45) is 0 Å². The molecule has 0 atom stereocenters. The Morgan fingerprint density at radius 2 is 1.17 bits per heavy atom. The van der Waals surface area contributed by atoms with E-state index in [4.69, 9.17) is 19.2 Å². The zero-order chi connectivity index (χ0) is 4.50. The number of hydrogen-bond donors (Lipinski definition) is 0. The summed E-state index contributed by atoms with van der Waals surface area (Å²) in [4.78, 5) is 25.6. The molecular weight excluding hydrogens is 270 g/mol. The van der Waals surface area contributed by atoms with Crippen LogP contribution < -0.4 is 14.7 Å². The second-order valence-corrected chi connectivity index (χ2v) is 1.34. The van der Waals surface area contributed by atoms with E-state index in [0.29, 0.717) is 0 Å². The third kappa shape index (κ3) is 55.8. The molecule has 47 valence electrons. The molecule has 0 aromatic carbocycles. The van der Waals surface area contributed by atoms with Crippen LogP contribution in [0.2, 0.25) is 0 Å². The molecule has 0 spiro atoms. The molecular formula is LuO4P-3. The molecule has 0 rings (SSSR count). The third-order valence-corrected chi connectivity index (χ3v) is 0. The zero-order valence-corrected chi connectivity index (χ0v) is 4.89. The average molecular weight is 270 g/mol. The van der Waals surface area contributed by atoms with Gasteiger partial charge in [-0.3, -0.25) is 0 Å². The van der Waals surface area contributed by atoms with Gasteiger partial charge in [0.1, 0.15) is 0 Å². The zero-order valence-electron chi connectivity index (χ0n) is 2.34. The Bertz CT molecular complexity index is 53.7. The van der Waals surface area contributed by atoms with Crippen LogP contribution in [-0.2, 0) is 4.57 Å². The Morgan fingerprint density at radius 3 is 1.17 bits per heavy atom. The van der Waals surface area contributed by atoms with Crippen LogP contribution in [0, 0.1) is 36.9 Å². The van der Waals surface area contributed by atoms with E-state index in [0.717, 1.165) is 0 Å². The molecule has 0 bridgehead atoms. The molecule has 0 heterocycles. The van der Waals surface area contributed by atoms with Gasteiger partial charge in [0.25, 0.3) is 0 Å². The summed E-state index contributed by atoms with van der Waals surface area (Å²) in [5.74, 6) is 0. The smallest absolute Gasteiger partial charge is 0 e. The molecule has 4 nitrogen and oxygen atoms in total. The molecule has 6 heteroatoms. The van der Waals surface area contributed by atoms with E-state index in [2.05, 4.69) is 0 Å². The predicted molar refractivity (Wildman–Crippen MR) is 7.61 cm³/mol. The summed E-state index contributed by atoms with van der Waals surface area (Å²) in [6.07, 6.45) is 0. The molecule has 1 radical (unpaired) electrons. The molecule has 0 amide bonds. The molecule has 0 saturated heterocycles. The van der Waals surface area contributed by atoms with Crippen molar-refractivity contribution in [1.82, 2.24) is 0 Å². The SMILES string of the molecule is O=P([O-])([O-])[O-].[Lu]. The van der Waals surface area contributed by atoms with E-state index in [1.165, 1.54) is 0 Å². The second kappa shape index (κ2) is 3.36. The quantitative estimate of drug-likeness (QED) is 0.444. The van der Waals surface area contributed by atoms with Gasteiger partial charge in [-0.05, 0) is 0 Å². The van der Waals surface area contributed by atoms with Gasteiger partial charge in [-0.2, -0.15) is 7.82 Å². The minimum Gasteiger partial charge on any atom is -0.822 e. The van der Waals surface area contributed by atoms with E-state index in [-0.39, 0.29) is 36.9 Å². The topological polar surface area (TPSA) is 86.2 Å².